The van der Waals surface area contributed by atoms with Gasteiger partial charge >= 0.3 is 5.63 Å². The van der Waals surface area contributed by atoms with E-state index in [-0.39, 0.29) is 11.4 Å². The van der Waals surface area contributed by atoms with Crippen molar-refractivity contribution in [3.05, 3.63) is 70.0 Å². The molecule has 4 aromatic rings. The molecule has 0 spiro atoms. The fourth-order valence-electron chi connectivity index (χ4n) is 4.88. The Morgan fingerprint density at radius 2 is 1.88 bits per heavy atom. The number of ether oxygens (including phenoxy) is 1. The highest BCUT2D eigenvalue weighted by Gasteiger charge is 2.24. The average molecular weight is 465 g/mol. The van der Waals surface area contributed by atoms with Gasteiger partial charge in [0.05, 0.1) is 12.3 Å². The van der Waals surface area contributed by atoms with Gasteiger partial charge in [-0.15, -0.1) is 0 Å². The zero-order valence-electron chi connectivity index (χ0n) is 19.4. The molecule has 7 heteroatoms. The van der Waals surface area contributed by atoms with E-state index in [1.807, 2.05) is 25.1 Å². The van der Waals surface area contributed by atoms with Crippen LogP contribution in [0, 0.1) is 5.82 Å². The minimum Gasteiger partial charge on any atom is -0.493 e. The smallest absolute Gasteiger partial charge is 0.336 e. The molecule has 2 aromatic heterocycles. The Morgan fingerprint density at radius 1 is 1.06 bits per heavy atom. The van der Waals surface area contributed by atoms with Crippen LogP contribution in [0.25, 0.3) is 21.9 Å². The largest absolute Gasteiger partial charge is 0.493 e. The molecule has 3 heterocycles. The van der Waals surface area contributed by atoms with E-state index in [0.29, 0.717) is 23.7 Å². The van der Waals surface area contributed by atoms with E-state index in [1.165, 1.54) is 12.1 Å². The maximum absolute atomic E-state index is 13.4. The third-order valence-electron chi connectivity index (χ3n) is 6.76. The van der Waals surface area contributed by atoms with Crippen molar-refractivity contribution in [2.75, 3.05) is 26.2 Å². The van der Waals surface area contributed by atoms with E-state index in [4.69, 9.17) is 13.7 Å². The summed E-state index contributed by atoms with van der Waals surface area (Å²) in [6.07, 6.45) is 4.85. The van der Waals surface area contributed by atoms with Crippen molar-refractivity contribution < 1.29 is 18.1 Å². The van der Waals surface area contributed by atoms with Gasteiger partial charge in [0, 0.05) is 34.9 Å². The summed E-state index contributed by atoms with van der Waals surface area (Å²) in [7, 11) is 0. The van der Waals surface area contributed by atoms with Gasteiger partial charge in [0.1, 0.15) is 17.1 Å². The van der Waals surface area contributed by atoms with Crippen molar-refractivity contribution in [3.63, 3.8) is 0 Å². The van der Waals surface area contributed by atoms with Gasteiger partial charge < -0.3 is 18.6 Å². The number of hydrogen-bond acceptors (Lipinski definition) is 6. The van der Waals surface area contributed by atoms with Crippen molar-refractivity contribution in [2.45, 2.75) is 44.9 Å². The molecule has 1 aliphatic heterocycles. The van der Waals surface area contributed by atoms with Crippen molar-refractivity contribution in [1.82, 2.24) is 10.1 Å². The highest BCUT2D eigenvalue weighted by Crippen LogP contribution is 2.32. The van der Waals surface area contributed by atoms with Gasteiger partial charge in [-0.25, -0.2) is 9.18 Å². The fraction of sp³-hybridized carbons (Fsp3) is 0.407. The lowest BCUT2D eigenvalue weighted by Gasteiger charge is -2.31. The SMILES string of the molecule is CCc1cc(=O)oc2cc(OCCCCN3CCC(c4noc5cc(F)ccc45)CC3)ccc12. The number of nitrogens with zero attached hydrogens (tertiary/aromatic N) is 2. The molecule has 0 unspecified atom stereocenters. The van der Waals surface area contributed by atoms with Gasteiger partial charge in [0.25, 0.3) is 0 Å². The molecule has 5 rings (SSSR count). The first-order valence-electron chi connectivity index (χ1n) is 12.1. The molecule has 1 aliphatic rings. The van der Waals surface area contributed by atoms with E-state index in [9.17, 15) is 9.18 Å². The highest BCUT2D eigenvalue weighted by molar-refractivity contribution is 5.81. The number of halogens is 1. The monoisotopic (exact) mass is 464 g/mol. The number of aryl methyl sites for hydroxylation is 1. The van der Waals surface area contributed by atoms with E-state index in [1.54, 1.807) is 12.1 Å². The predicted molar refractivity (Wildman–Crippen MR) is 129 cm³/mol. The molecule has 0 radical (unpaired) electrons. The second-order valence-electron chi connectivity index (χ2n) is 8.98. The second kappa shape index (κ2) is 9.97. The Hall–Kier alpha value is -3.19. The van der Waals surface area contributed by atoms with Gasteiger partial charge in [0.2, 0.25) is 0 Å². The molecule has 0 aliphatic carbocycles. The molecule has 6 nitrogen and oxygen atoms in total. The number of unbranched alkanes of at least 4 members (excludes halogenated alkanes) is 1. The molecule has 0 saturated carbocycles. The third kappa shape index (κ3) is 4.85. The normalized spacial score (nSPS) is 15.4. The zero-order chi connectivity index (χ0) is 23.5. The number of hydrogen-bond donors (Lipinski definition) is 0. The average Bonchev–Trinajstić information content (AvgIpc) is 3.26. The maximum atomic E-state index is 13.4. The molecule has 178 valence electrons. The Balaban J connectivity index is 1.07. The molecule has 0 atom stereocenters. The van der Waals surface area contributed by atoms with E-state index in [2.05, 4.69) is 10.1 Å². The van der Waals surface area contributed by atoms with Crippen LogP contribution in [0.5, 0.6) is 5.75 Å². The van der Waals surface area contributed by atoms with Crippen LogP contribution in [0.3, 0.4) is 0 Å². The molecule has 1 fully saturated rings. The minimum atomic E-state index is -0.323. The standard InChI is InChI=1S/C27H29FN2O4/c1-2-18-15-26(31)33-24-17-21(6-8-22(18)24)32-14-4-3-11-30-12-9-19(10-13-30)27-23-7-5-20(28)16-25(23)34-29-27/h5-8,15-17,19H,2-4,9-14H2,1H3. The Morgan fingerprint density at radius 3 is 2.71 bits per heavy atom. The lowest BCUT2D eigenvalue weighted by atomic mass is 9.91. The Kier molecular flexibility index (Phi) is 6.63. The summed E-state index contributed by atoms with van der Waals surface area (Å²) in [5.41, 5.74) is 2.73. The van der Waals surface area contributed by atoms with Gasteiger partial charge in [-0.1, -0.05) is 12.1 Å². The molecular formula is C27H29FN2O4. The van der Waals surface area contributed by atoms with E-state index >= 15 is 0 Å². The first-order chi connectivity index (χ1) is 16.6. The Bertz CT molecular complexity index is 1340. The molecule has 0 N–H and O–H groups in total. The molecule has 0 amide bonds. The van der Waals surface area contributed by atoms with Crippen molar-refractivity contribution >= 4 is 21.9 Å². The van der Waals surface area contributed by atoms with Crippen molar-refractivity contribution in [2.24, 2.45) is 0 Å². The highest BCUT2D eigenvalue weighted by atomic mass is 19.1. The van der Waals surface area contributed by atoms with Crippen molar-refractivity contribution in [1.29, 1.82) is 0 Å². The number of aromatic nitrogens is 1. The summed E-state index contributed by atoms with van der Waals surface area (Å²) < 4.78 is 30.0. The minimum absolute atomic E-state index is 0.299. The van der Waals surface area contributed by atoms with Gasteiger partial charge in [0.15, 0.2) is 5.58 Å². The summed E-state index contributed by atoms with van der Waals surface area (Å²) in [5.74, 6) is 0.781. The summed E-state index contributed by atoms with van der Waals surface area (Å²) in [6, 6.07) is 11.9. The van der Waals surface area contributed by atoms with Crippen LogP contribution in [0.4, 0.5) is 4.39 Å². The lowest BCUT2D eigenvalue weighted by molar-refractivity contribution is 0.199. The molecule has 0 bridgehead atoms. The van der Waals surface area contributed by atoms with Gasteiger partial charge in [-0.05, 0) is 81.6 Å². The second-order valence-corrected chi connectivity index (χ2v) is 8.98. The summed E-state index contributed by atoms with van der Waals surface area (Å²) in [5, 5.41) is 6.12. The number of benzene rings is 2. The lowest BCUT2D eigenvalue weighted by Crippen LogP contribution is -2.34. The van der Waals surface area contributed by atoms with Crippen LogP contribution >= 0.6 is 0 Å². The zero-order valence-corrected chi connectivity index (χ0v) is 19.4. The first-order valence-corrected chi connectivity index (χ1v) is 12.1. The van der Waals surface area contributed by atoms with Crippen LogP contribution in [0.2, 0.25) is 0 Å². The van der Waals surface area contributed by atoms with Crippen LogP contribution in [-0.2, 0) is 6.42 Å². The van der Waals surface area contributed by atoms with E-state index < -0.39 is 0 Å². The predicted octanol–water partition coefficient (Wildman–Crippen LogP) is 5.67. The van der Waals surface area contributed by atoms with Crippen LogP contribution in [-0.4, -0.2) is 36.3 Å². The molecule has 34 heavy (non-hydrogen) atoms. The Labute approximate surface area is 197 Å². The topological polar surface area (TPSA) is 68.7 Å². The van der Waals surface area contributed by atoms with Crippen LogP contribution < -0.4 is 10.4 Å². The number of fused-ring (bicyclic) bond motifs is 2. The van der Waals surface area contributed by atoms with Crippen LogP contribution in [0.15, 0.2) is 56.2 Å². The fourth-order valence-corrected chi connectivity index (χ4v) is 4.88. The molecular weight excluding hydrogens is 435 g/mol. The quantitative estimate of drug-likeness (QED) is 0.247. The first kappa shape index (κ1) is 22.6. The van der Waals surface area contributed by atoms with Crippen LogP contribution in [0.1, 0.15) is 49.8 Å². The summed E-state index contributed by atoms with van der Waals surface area (Å²) in [6.45, 7) is 5.73. The molecule has 1 saturated heterocycles. The summed E-state index contributed by atoms with van der Waals surface area (Å²) >= 11 is 0. The third-order valence-corrected chi connectivity index (χ3v) is 6.76. The van der Waals surface area contributed by atoms with Crippen molar-refractivity contribution in [3.8, 4) is 5.75 Å². The van der Waals surface area contributed by atoms with Gasteiger partial charge in [-0.2, -0.15) is 0 Å². The van der Waals surface area contributed by atoms with E-state index in [0.717, 1.165) is 79.5 Å². The number of piperidine rings is 1. The molecule has 2 aromatic carbocycles. The summed E-state index contributed by atoms with van der Waals surface area (Å²) in [4.78, 5) is 14.2. The number of rotatable bonds is 8. The van der Waals surface area contributed by atoms with Gasteiger partial charge in [-0.3, -0.25) is 0 Å². The maximum Gasteiger partial charge on any atom is 0.336 e. The number of likely N-dealkylation sites (tertiary alicyclic amines) is 1.